The lowest BCUT2D eigenvalue weighted by Gasteiger charge is -2.34. The van der Waals surface area contributed by atoms with E-state index in [-0.39, 0.29) is 30.7 Å². The number of carbonyl (C=O) groups excluding carboxylic acids is 2. The summed E-state index contributed by atoms with van der Waals surface area (Å²) in [6.07, 6.45) is 7.37. The van der Waals surface area contributed by atoms with Crippen molar-refractivity contribution < 1.29 is 19.5 Å². The van der Waals surface area contributed by atoms with Gasteiger partial charge >= 0.3 is 5.97 Å². The van der Waals surface area contributed by atoms with Crippen LogP contribution in [0.15, 0.2) is 0 Å². The molecular formula is C17H28N2O4. The Balaban J connectivity index is 1.83. The van der Waals surface area contributed by atoms with E-state index in [2.05, 4.69) is 0 Å². The van der Waals surface area contributed by atoms with Crippen molar-refractivity contribution in [2.45, 2.75) is 57.8 Å². The van der Waals surface area contributed by atoms with E-state index in [1.54, 1.807) is 4.90 Å². The number of hydrogen-bond donors (Lipinski definition) is 1. The summed E-state index contributed by atoms with van der Waals surface area (Å²) in [6, 6.07) is 0. The predicted molar refractivity (Wildman–Crippen MR) is 85.8 cm³/mol. The first-order valence-electron chi connectivity index (χ1n) is 8.83. The molecule has 2 heterocycles. The fourth-order valence-electron chi connectivity index (χ4n) is 3.50. The van der Waals surface area contributed by atoms with Crippen LogP contribution in [0.2, 0.25) is 0 Å². The number of amides is 2. The molecule has 0 aliphatic carbocycles. The number of likely N-dealkylation sites (tertiary alicyclic amines) is 2. The summed E-state index contributed by atoms with van der Waals surface area (Å²) in [5, 5.41) is 8.79. The van der Waals surface area contributed by atoms with Crippen molar-refractivity contribution in [3.8, 4) is 0 Å². The molecule has 0 aromatic heterocycles. The molecule has 0 bridgehead atoms. The molecule has 1 atom stereocenters. The molecular weight excluding hydrogens is 296 g/mol. The van der Waals surface area contributed by atoms with Crippen molar-refractivity contribution in [1.29, 1.82) is 0 Å². The Labute approximate surface area is 137 Å². The SMILES string of the molecule is O=C(O)CCC1CCCN(C(=O)CN2CCCCCCC2=O)C1. The van der Waals surface area contributed by atoms with Crippen molar-refractivity contribution >= 4 is 17.8 Å². The van der Waals surface area contributed by atoms with E-state index in [0.29, 0.717) is 25.9 Å². The van der Waals surface area contributed by atoms with Gasteiger partial charge in [0.25, 0.3) is 0 Å². The van der Waals surface area contributed by atoms with Crippen molar-refractivity contribution in [3.63, 3.8) is 0 Å². The van der Waals surface area contributed by atoms with Gasteiger partial charge in [-0.15, -0.1) is 0 Å². The first-order valence-corrected chi connectivity index (χ1v) is 8.83. The Morgan fingerprint density at radius 1 is 1.09 bits per heavy atom. The summed E-state index contributed by atoms with van der Waals surface area (Å²) < 4.78 is 0. The lowest BCUT2D eigenvalue weighted by molar-refractivity contribution is -0.142. The fraction of sp³-hybridized carbons (Fsp3) is 0.824. The van der Waals surface area contributed by atoms with Crippen LogP contribution in [-0.2, 0) is 14.4 Å². The molecule has 2 aliphatic heterocycles. The molecule has 0 radical (unpaired) electrons. The average Bonchev–Trinajstić information content (AvgIpc) is 2.53. The molecule has 1 N–H and O–H groups in total. The predicted octanol–water partition coefficient (Wildman–Crippen LogP) is 1.88. The van der Waals surface area contributed by atoms with Gasteiger partial charge in [0.15, 0.2) is 0 Å². The van der Waals surface area contributed by atoms with Crippen LogP contribution in [0.25, 0.3) is 0 Å². The topological polar surface area (TPSA) is 77.9 Å². The standard InChI is InChI=1S/C17H28N2O4/c20-15-7-3-1-2-4-10-19(15)13-16(21)18-11-5-6-14(12-18)8-9-17(22)23/h14H,1-13H2,(H,22,23). The monoisotopic (exact) mass is 324 g/mol. The Morgan fingerprint density at radius 3 is 2.65 bits per heavy atom. The highest BCUT2D eigenvalue weighted by Gasteiger charge is 2.26. The fourth-order valence-corrected chi connectivity index (χ4v) is 3.50. The van der Waals surface area contributed by atoms with Crippen LogP contribution < -0.4 is 0 Å². The second-order valence-electron chi connectivity index (χ2n) is 6.76. The highest BCUT2D eigenvalue weighted by molar-refractivity contribution is 5.85. The van der Waals surface area contributed by atoms with Gasteiger partial charge in [-0.2, -0.15) is 0 Å². The smallest absolute Gasteiger partial charge is 0.303 e. The normalized spacial score (nSPS) is 23.3. The summed E-state index contributed by atoms with van der Waals surface area (Å²) >= 11 is 0. The molecule has 0 saturated carbocycles. The Kier molecular flexibility index (Phi) is 6.86. The molecule has 6 heteroatoms. The summed E-state index contributed by atoms with van der Waals surface area (Å²) in [6.45, 7) is 2.23. The van der Waals surface area contributed by atoms with Crippen molar-refractivity contribution in [2.24, 2.45) is 5.92 Å². The minimum absolute atomic E-state index is 0.0129. The molecule has 2 fully saturated rings. The molecule has 2 aliphatic rings. The molecule has 23 heavy (non-hydrogen) atoms. The van der Waals surface area contributed by atoms with Crippen molar-refractivity contribution in [2.75, 3.05) is 26.2 Å². The number of aliphatic carboxylic acids is 1. The van der Waals surface area contributed by atoms with Gasteiger partial charge < -0.3 is 14.9 Å². The van der Waals surface area contributed by atoms with Gasteiger partial charge in [0.1, 0.15) is 0 Å². The molecule has 2 amide bonds. The number of piperidine rings is 1. The largest absolute Gasteiger partial charge is 0.481 e. The van der Waals surface area contributed by atoms with Crippen LogP contribution in [-0.4, -0.2) is 58.9 Å². The molecule has 0 aromatic rings. The lowest BCUT2D eigenvalue weighted by atomic mass is 9.93. The second-order valence-corrected chi connectivity index (χ2v) is 6.76. The van der Waals surface area contributed by atoms with Crippen LogP contribution in [0.3, 0.4) is 0 Å². The van der Waals surface area contributed by atoms with E-state index in [1.165, 1.54) is 0 Å². The van der Waals surface area contributed by atoms with Gasteiger partial charge in [-0.3, -0.25) is 14.4 Å². The number of rotatable bonds is 5. The average molecular weight is 324 g/mol. The van der Waals surface area contributed by atoms with Gasteiger partial charge in [-0.1, -0.05) is 12.8 Å². The first kappa shape index (κ1) is 17.8. The molecule has 0 spiro atoms. The van der Waals surface area contributed by atoms with Gasteiger partial charge in [-0.25, -0.2) is 0 Å². The highest BCUT2D eigenvalue weighted by atomic mass is 16.4. The number of carboxylic acid groups (broad SMARTS) is 1. The molecule has 1 unspecified atom stereocenters. The van der Waals surface area contributed by atoms with E-state index < -0.39 is 5.97 Å². The number of carboxylic acids is 1. The van der Waals surface area contributed by atoms with E-state index in [4.69, 9.17) is 5.11 Å². The second kappa shape index (κ2) is 8.89. The van der Waals surface area contributed by atoms with Crippen LogP contribution in [0, 0.1) is 5.92 Å². The lowest BCUT2D eigenvalue weighted by Crippen LogP contribution is -2.47. The summed E-state index contributed by atoms with van der Waals surface area (Å²) in [4.78, 5) is 38.9. The van der Waals surface area contributed by atoms with E-state index in [9.17, 15) is 14.4 Å². The zero-order chi connectivity index (χ0) is 16.7. The summed E-state index contributed by atoms with van der Waals surface area (Å²) in [5.74, 6) is -0.400. The van der Waals surface area contributed by atoms with Gasteiger partial charge in [0, 0.05) is 32.5 Å². The zero-order valence-electron chi connectivity index (χ0n) is 13.8. The van der Waals surface area contributed by atoms with Crippen LogP contribution in [0.4, 0.5) is 0 Å². The number of nitrogens with zero attached hydrogens (tertiary/aromatic N) is 2. The highest BCUT2D eigenvalue weighted by Crippen LogP contribution is 2.21. The molecule has 2 saturated heterocycles. The Morgan fingerprint density at radius 2 is 1.87 bits per heavy atom. The third-order valence-electron chi connectivity index (χ3n) is 4.89. The van der Waals surface area contributed by atoms with Crippen LogP contribution in [0.5, 0.6) is 0 Å². The van der Waals surface area contributed by atoms with E-state index in [0.717, 1.165) is 45.1 Å². The maximum absolute atomic E-state index is 12.5. The van der Waals surface area contributed by atoms with E-state index in [1.807, 2.05) is 4.90 Å². The number of hydrogen-bond acceptors (Lipinski definition) is 3. The third-order valence-corrected chi connectivity index (χ3v) is 4.89. The maximum atomic E-state index is 12.5. The summed E-state index contributed by atoms with van der Waals surface area (Å²) in [5.41, 5.74) is 0. The van der Waals surface area contributed by atoms with Crippen molar-refractivity contribution in [3.05, 3.63) is 0 Å². The Hall–Kier alpha value is -1.59. The molecule has 0 aromatic carbocycles. The minimum Gasteiger partial charge on any atom is -0.481 e. The third kappa shape index (κ3) is 5.84. The number of carbonyl (C=O) groups is 3. The quantitative estimate of drug-likeness (QED) is 0.837. The van der Waals surface area contributed by atoms with Crippen molar-refractivity contribution in [1.82, 2.24) is 9.80 Å². The van der Waals surface area contributed by atoms with Gasteiger partial charge in [-0.05, 0) is 38.0 Å². The van der Waals surface area contributed by atoms with E-state index >= 15 is 0 Å². The zero-order valence-corrected chi connectivity index (χ0v) is 13.8. The molecule has 130 valence electrons. The first-order chi connectivity index (χ1) is 11.1. The van der Waals surface area contributed by atoms with Crippen LogP contribution >= 0.6 is 0 Å². The minimum atomic E-state index is -0.778. The van der Waals surface area contributed by atoms with Gasteiger partial charge in [0.05, 0.1) is 6.54 Å². The van der Waals surface area contributed by atoms with Gasteiger partial charge in [0.2, 0.25) is 11.8 Å². The van der Waals surface area contributed by atoms with Crippen LogP contribution in [0.1, 0.15) is 57.8 Å². The summed E-state index contributed by atoms with van der Waals surface area (Å²) in [7, 11) is 0. The maximum Gasteiger partial charge on any atom is 0.303 e. The molecule has 6 nitrogen and oxygen atoms in total. The molecule has 2 rings (SSSR count). The Bertz CT molecular complexity index is 438.